The van der Waals surface area contributed by atoms with Crippen molar-refractivity contribution >= 4 is 10.8 Å². The molecular formula is C18H23N. The van der Waals surface area contributed by atoms with Gasteiger partial charge in [0, 0.05) is 12.0 Å². The van der Waals surface area contributed by atoms with Gasteiger partial charge in [0.05, 0.1) is 0 Å². The lowest BCUT2D eigenvalue weighted by atomic mass is 9.67. The first-order valence-corrected chi connectivity index (χ1v) is 7.30. The van der Waals surface area contributed by atoms with E-state index in [9.17, 15) is 0 Å². The molecule has 1 heteroatoms. The minimum Gasteiger partial charge on any atom is -0.327 e. The largest absolute Gasteiger partial charge is 0.327 e. The summed E-state index contributed by atoms with van der Waals surface area (Å²) in [4.78, 5) is 0. The van der Waals surface area contributed by atoms with E-state index in [1.54, 1.807) is 0 Å². The van der Waals surface area contributed by atoms with Crippen molar-refractivity contribution in [3.05, 3.63) is 48.0 Å². The summed E-state index contributed by atoms with van der Waals surface area (Å²) in [6.45, 7) is 4.74. The third-order valence-electron chi connectivity index (χ3n) is 4.67. The molecule has 1 aliphatic carbocycles. The third-order valence-corrected chi connectivity index (χ3v) is 4.67. The summed E-state index contributed by atoms with van der Waals surface area (Å²) in [5.41, 5.74) is 8.28. The van der Waals surface area contributed by atoms with Gasteiger partial charge in [0.15, 0.2) is 0 Å². The standard InChI is InChI=1S/C18H23N/c1-18(2)11-10-17(19)16(12-18)15-9-5-7-13-6-3-4-8-14(13)15/h3-9,16-17H,10-12,19H2,1-2H3. The molecule has 0 bridgehead atoms. The van der Waals surface area contributed by atoms with Gasteiger partial charge in [-0.1, -0.05) is 56.3 Å². The molecule has 19 heavy (non-hydrogen) atoms. The first kappa shape index (κ1) is 12.7. The highest BCUT2D eigenvalue weighted by Crippen LogP contribution is 2.44. The molecule has 100 valence electrons. The third kappa shape index (κ3) is 2.40. The molecule has 0 aliphatic heterocycles. The van der Waals surface area contributed by atoms with Crippen molar-refractivity contribution in [1.82, 2.24) is 0 Å². The van der Waals surface area contributed by atoms with Crippen LogP contribution in [0.1, 0.15) is 44.6 Å². The van der Waals surface area contributed by atoms with Crippen LogP contribution in [0.2, 0.25) is 0 Å². The monoisotopic (exact) mass is 253 g/mol. The first-order chi connectivity index (χ1) is 9.07. The zero-order chi connectivity index (χ0) is 13.5. The number of benzene rings is 2. The highest BCUT2D eigenvalue weighted by atomic mass is 14.7. The van der Waals surface area contributed by atoms with E-state index in [0.29, 0.717) is 17.4 Å². The Morgan fingerprint density at radius 3 is 2.63 bits per heavy atom. The highest BCUT2D eigenvalue weighted by Gasteiger charge is 2.34. The van der Waals surface area contributed by atoms with Crippen LogP contribution < -0.4 is 5.73 Å². The first-order valence-electron chi connectivity index (χ1n) is 7.30. The smallest absolute Gasteiger partial charge is 0.0108 e. The number of rotatable bonds is 1. The molecule has 2 aromatic rings. The van der Waals surface area contributed by atoms with Crippen LogP contribution in [0.3, 0.4) is 0 Å². The summed E-state index contributed by atoms with van der Waals surface area (Å²) >= 11 is 0. The van der Waals surface area contributed by atoms with Crippen LogP contribution in [0.25, 0.3) is 10.8 Å². The second-order valence-corrected chi connectivity index (χ2v) is 6.75. The normalized spacial score (nSPS) is 26.5. The summed E-state index contributed by atoms with van der Waals surface area (Å²) in [6, 6.07) is 15.6. The molecule has 0 aromatic heterocycles. The molecular weight excluding hydrogens is 230 g/mol. The lowest BCUT2D eigenvalue weighted by Crippen LogP contribution is -2.37. The Hall–Kier alpha value is -1.34. The molecule has 3 rings (SSSR count). The van der Waals surface area contributed by atoms with Gasteiger partial charge in [0.25, 0.3) is 0 Å². The van der Waals surface area contributed by atoms with Crippen LogP contribution in [-0.2, 0) is 0 Å². The Balaban J connectivity index is 2.08. The molecule has 2 atom stereocenters. The van der Waals surface area contributed by atoms with Gasteiger partial charge in [-0.25, -0.2) is 0 Å². The van der Waals surface area contributed by atoms with Gasteiger partial charge in [-0.3, -0.25) is 0 Å². The highest BCUT2D eigenvalue weighted by molar-refractivity contribution is 5.86. The van der Waals surface area contributed by atoms with E-state index in [1.807, 2.05) is 0 Å². The van der Waals surface area contributed by atoms with Gasteiger partial charge in [0.2, 0.25) is 0 Å². The number of hydrogen-bond donors (Lipinski definition) is 1. The molecule has 1 nitrogen and oxygen atoms in total. The fraction of sp³-hybridized carbons (Fsp3) is 0.444. The van der Waals surface area contributed by atoms with Gasteiger partial charge in [0.1, 0.15) is 0 Å². The molecule has 0 radical (unpaired) electrons. The van der Waals surface area contributed by atoms with Crippen LogP contribution in [0, 0.1) is 5.41 Å². The minimum absolute atomic E-state index is 0.304. The summed E-state index contributed by atoms with van der Waals surface area (Å²) in [5, 5.41) is 2.71. The molecule has 0 heterocycles. The van der Waals surface area contributed by atoms with Crippen LogP contribution in [0.5, 0.6) is 0 Å². The number of hydrogen-bond acceptors (Lipinski definition) is 1. The zero-order valence-corrected chi connectivity index (χ0v) is 11.9. The summed E-state index contributed by atoms with van der Waals surface area (Å²) < 4.78 is 0. The van der Waals surface area contributed by atoms with E-state index < -0.39 is 0 Å². The Kier molecular flexibility index (Phi) is 3.10. The topological polar surface area (TPSA) is 26.0 Å². The van der Waals surface area contributed by atoms with Crippen molar-refractivity contribution < 1.29 is 0 Å². The van der Waals surface area contributed by atoms with Crippen molar-refractivity contribution in [2.24, 2.45) is 11.1 Å². The zero-order valence-electron chi connectivity index (χ0n) is 11.9. The summed E-state index contributed by atoms with van der Waals surface area (Å²) in [7, 11) is 0. The second kappa shape index (κ2) is 4.64. The van der Waals surface area contributed by atoms with E-state index in [0.717, 1.165) is 6.42 Å². The van der Waals surface area contributed by atoms with Crippen LogP contribution in [-0.4, -0.2) is 6.04 Å². The average Bonchev–Trinajstić information content (AvgIpc) is 2.41. The Morgan fingerprint density at radius 1 is 1.05 bits per heavy atom. The van der Waals surface area contributed by atoms with Crippen molar-refractivity contribution in [3.8, 4) is 0 Å². The summed E-state index contributed by atoms with van der Waals surface area (Å²) in [6.07, 6.45) is 3.58. The number of fused-ring (bicyclic) bond motifs is 1. The molecule has 1 aliphatic rings. The lowest BCUT2D eigenvalue weighted by Gasteiger charge is -2.40. The molecule has 1 saturated carbocycles. The van der Waals surface area contributed by atoms with Gasteiger partial charge in [-0.15, -0.1) is 0 Å². The molecule has 2 N–H and O–H groups in total. The van der Waals surface area contributed by atoms with E-state index in [-0.39, 0.29) is 0 Å². The predicted octanol–water partition coefficient (Wildman–Crippen LogP) is 4.46. The second-order valence-electron chi connectivity index (χ2n) is 6.75. The maximum atomic E-state index is 6.42. The average molecular weight is 253 g/mol. The van der Waals surface area contributed by atoms with Crippen molar-refractivity contribution in [2.75, 3.05) is 0 Å². The molecule has 0 saturated heterocycles. The van der Waals surface area contributed by atoms with Crippen LogP contribution in [0.4, 0.5) is 0 Å². The minimum atomic E-state index is 0.304. The SMILES string of the molecule is CC1(C)CCC(N)C(c2cccc3ccccc23)C1. The van der Waals surface area contributed by atoms with E-state index in [2.05, 4.69) is 56.3 Å². The van der Waals surface area contributed by atoms with Gasteiger partial charge >= 0.3 is 0 Å². The molecule has 2 unspecified atom stereocenters. The maximum absolute atomic E-state index is 6.42. The summed E-state index contributed by atoms with van der Waals surface area (Å²) in [5.74, 6) is 0.495. The lowest BCUT2D eigenvalue weighted by molar-refractivity contribution is 0.199. The number of nitrogens with two attached hydrogens (primary N) is 1. The van der Waals surface area contributed by atoms with Crippen LogP contribution in [0.15, 0.2) is 42.5 Å². The molecule has 0 spiro atoms. The van der Waals surface area contributed by atoms with Gasteiger partial charge in [-0.05, 0) is 41.0 Å². The van der Waals surface area contributed by atoms with Crippen molar-refractivity contribution in [3.63, 3.8) is 0 Å². The van der Waals surface area contributed by atoms with E-state index in [1.165, 1.54) is 29.2 Å². The van der Waals surface area contributed by atoms with E-state index >= 15 is 0 Å². The quantitative estimate of drug-likeness (QED) is 0.797. The predicted molar refractivity (Wildman–Crippen MR) is 82.3 cm³/mol. The maximum Gasteiger partial charge on any atom is 0.0108 e. The van der Waals surface area contributed by atoms with Crippen molar-refractivity contribution in [1.29, 1.82) is 0 Å². The molecule has 2 aromatic carbocycles. The van der Waals surface area contributed by atoms with Gasteiger partial charge < -0.3 is 5.73 Å². The Bertz CT molecular complexity index is 580. The fourth-order valence-corrected chi connectivity index (χ4v) is 3.52. The fourth-order valence-electron chi connectivity index (χ4n) is 3.52. The van der Waals surface area contributed by atoms with Gasteiger partial charge in [-0.2, -0.15) is 0 Å². The Morgan fingerprint density at radius 2 is 1.79 bits per heavy atom. The molecule has 0 amide bonds. The van der Waals surface area contributed by atoms with Crippen LogP contribution >= 0.6 is 0 Å². The Labute approximate surface area is 115 Å². The van der Waals surface area contributed by atoms with Crippen molar-refractivity contribution in [2.45, 2.75) is 45.1 Å². The molecule has 1 fully saturated rings. The van der Waals surface area contributed by atoms with E-state index in [4.69, 9.17) is 5.73 Å².